The molecule has 0 radical (unpaired) electrons. The monoisotopic (exact) mass is 297 g/mol. The summed E-state index contributed by atoms with van der Waals surface area (Å²) in [5.74, 6) is -0.168. The molecule has 0 saturated carbocycles. The molecule has 1 N–H and O–H groups in total. The normalized spacial score (nSPS) is 29.9. The smallest absolute Gasteiger partial charge is 0.325 e. The number of esters is 1. The number of carbonyl (C=O) groups is 1. The van der Waals surface area contributed by atoms with E-state index in [1.165, 1.54) is 39.6 Å². The maximum atomic E-state index is 11.9. The molecular formula is C16H31N3O2. The molecule has 3 unspecified atom stereocenters. The van der Waals surface area contributed by atoms with Crippen molar-refractivity contribution in [2.24, 2.45) is 0 Å². The van der Waals surface area contributed by atoms with Crippen LogP contribution in [0.25, 0.3) is 0 Å². The molecule has 2 saturated heterocycles. The van der Waals surface area contributed by atoms with E-state index in [4.69, 9.17) is 4.74 Å². The van der Waals surface area contributed by atoms with Gasteiger partial charge in [0.2, 0.25) is 0 Å². The lowest BCUT2D eigenvalue weighted by molar-refractivity contribution is -0.148. The van der Waals surface area contributed by atoms with Crippen LogP contribution in [0, 0.1) is 0 Å². The second-order valence-electron chi connectivity index (χ2n) is 6.81. The Hall–Kier alpha value is -0.650. The average Bonchev–Trinajstić information content (AvgIpc) is 2.93. The van der Waals surface area contributed by atoms with E-state index in [-0.39, 0.29) is 5.97 Å². The number of hydrogen-bond donors (Lipinski definition) is 1. The van der Waals surface area contributed by atoms with Crippen molar-refractivity contribution in [2.75, 3.05) is 40.3 Å². The Balaban J connectivity index is 1.81. The molecular weight excluding hydrogens is 266 g/mol. The highest BCUT2D eigenvalue weighted by atomic mass is 16.5. The SMILES string of the molecule is CNC(C)(CCCN1CC2CCCN2CC1C)C(=O)OC. The topological polar surface area (TPSA) is 44.8 Å². The fourth-order valence-corrected chi connectivity index (χ4v) is 3.75. The molecule has 0 amide bonds. The van der Waals surface area contributed by atoms with Crippen molar-refractivity contribution >= 4 is 5.97 Å². The summed E-state index contributed by atoms with van der Waals surface area (Å²) in [6.07, 6.45) is 4.53. The molecule has 122 valence electrons. The first-order valence-corrected chi connectivity index (χ1v) is 8.25. The third-order valence-corrected chi connectivity index (χ3v) is 5.38. The molecule has 2 heterocycles. The number of hydrogen-bond acceptors (Lipinski definition) is 5. The maximum Gasteiger partial charge on any atom is 0.325 e. The summed E-state index contributed by atoms with van der Waals surface area (Å²) in [5, 5.41) is 3.11. The number of likely N-dealkylation sites (N-methyl/N-ethyl adjacent to an activating group) is 1. The minimum atomic E-state index is -0.562. The van der Waals surface area contributed by atoms with Gasteiger partial charge in [-0.15, -0.1) is 0 Å². The average molecular weight is 297 g/mol. The van der Waals surface area contributed by atoms with Gasteiger partial charge in [0.05, 0.1) is 7.11 Å². The van der Waals surface area contributed by atoms with Gasteiger partial charge in [-0.2, -0.15) is 0 Å². The van der Waals surface area contributed by atoms with Crippen molar-refractivity contribution in [1.82, 2.24) is 15.1 Å². The Morgan fingerprint density at radius 2 is 2.19 bits per heavy atom. The lowest BCUT2D eigenvalue weighted by Crippen LogP contribution is -2.55. The predicted molar refractivity (Wildman–Crippen MR) is 84.3 cm³/mol. The summed E-state index contributed by atoms with van der Waals surface area (Å²) in [6, 6.07) is 1.39. The van der Waals surface area contributed by atoms with E-state index in [1.54, 1.807) is 0 Å². The Morgan fingerprint density at radius 3 is 2.86 bits per heavy atom. The number of ether oxygens (including phenoxy) is 1. The Bertz CT molecular complexity index is 363. The zero-order valence-electron chi connectivity index (χ0n) is 14.0. The summed E-state index contributed by atoms with van der Waals surface area (Å²) >= 11 is 0. The third-order valence-electron chi connectivity index (χ3n) is 5.38. The lowest BCUT2D eigenvalue weighted by Gasteiger charge is -2.42. The largest absolute Gasteiger partial charge is 0.468 e. The van der Waals surface area contributed by atoms with E-state index in [1.807, 2.05) is 14.0 Å². The fraction of sp³-hybridized carbons (Fsp3) is 0.938. The molecule has 21 heavy (non-hydrogen) atoms. The Labute approximate surface area is 129 Å². The molecule has 2 rings (SSSR count). The number of fused-ring (bicyclic) bond motifs is 1. The number of nitrogens with zero attached hydrogens (tertiary/aromatic N) is 2. The zero-order chi connectivity index (χ0) is 15.5. The van der Waals surface area contributed by atoms with Crippen molar-refractivity contribution in [3.8, 4) is 0 Å². The standard InChI is InChI=1S/C16H31N3O2/c1-13-11-19-9-5-7-14(19)12-18(13)10-6-8-16(2,17-3)15(20)21-4/h13-14,17H,5-12H2,1-4H3. The van der Waals surface area contributed by atoms with Gasteiger partial charge in [0.1, 0.15) is 5.54 Å². The summed E-state index contributed by atoms with van der Waals surface area (Å²) in [6.45, 7) is 8.99. The Kier molecular flexibility index (Phi) is 5.63. The summed E-state index contributed by atoms with van der Waals surface area (Å²) < 4.78 is 4.90. The van der Waals surface area contributed by atoms with Crippen LogP contribution in [0.1, 0.15) is 39.5 Å². The van der Waals surface area contributed by atoms with Gasteiger partial charge in [-0.25, -0.2) is 0 Å². The van der Waals surface area contributed by atoms with Crippen LogP contribution in [-0.4, -0.2) is 73.7 Å². The van der Waals surface area contributed by atoms with Crippen molar-refractivity contribution in [3.05, 3.63) is 0 Å². The molecule has 2 fully saturated rings. The number of piperazine rings is 1. The van der Waals surface area contributed by atoms with Crippen LogP contribution in [0.15, 0.2) is 0 Å². The van der Waals surface area contributed by atoms with Gasteiger partial charge >= 0.3 is 5.97 Å². The predicted octanol–water partition coefficient (Wildman–Crippen LogP) is 1.09. The highest BCUT2D eigenvalue weighted by molar-refractivity contribution is 5.80. The molecule has 2 aliphatic heterocycles. The lowest BCUT2D eigenvalue weighted by atomic mass is 9.95. The number of methoxy groups -OCH3 is 1. The van der Waals surface area contributed by atoms with Gasteiger partial charge in [0, 0.05) is 25.2 Å². The molecule has 0 aliphatic carbocycles. The highest BCUT2D eigenvalue weighted by Crippen LogP contribution is 2.25. The van der Waals surface area contributed by atoms with Gasteiger partial charge < -0.3 is 10.1 Å². The van der Waals surface area contributed by atoms with Gasteiger partial charge in [0.15, 0.2) is 0 Å². The van der Waals surface area contributed by atoms with Crippen molar-refractivity contribution < 1.29 is 9.53 Å². The molecule has 2 aliphatic rings. The first kappa shape index (κ1) is 16.7. The molecule has 3 atom stereocenters. The van der Waals surface area contributed by atoms with Crippen LogP contribution in [0.2, 0.25) is 0 Å². The minimum Gasteiger partial charge on any atom is -0.468 e. The Morgan fingerprint density at radius 1 is 1.43 bits per heavy atom. The van der Waals surface area contributed by atoms with Crippen molar-refractivity contribution in [1.29, 1.82) is 0 Å². The quantitative estimate of drug-likeness (QED) is 0.744. The van der Waals surface area contributed by atoms with Crippen LogP contribution in [0.4, 0.5) is 0 Å². The van der Waals surface area contributed by atoms with E-state index in [0.29, 0.717) is 6.04 Å². The third kappa shape index (κ3) is 3.76. The van der Waals surface area contributed by atoms with Gasteiger partial charge in [0.25, 0.3) is 0 Å². The number of rotatable bonds is 6. The summed E-state index contributed by atoms with van der Waals surface area (Å²) in [7, 11) is 3.29. The van der Waals surface area contributed by atoms with Gasteiger partial charge in [-0.1, -0.05) is 0 Å². The van der Waals surface area contributed by atoms with Crippen LogP contribution in [-0.2, 0) is 9.53 Å². The minimum absolute atomic E-state index is 0.168. The van der Waals surface area contributed by atoms with E-state index >= 15 is 0 Å². The van der Waals surface area contributed by atoms with Crippen molar-refractivity contribution in [3.63, 3.8) is 0 Å². The molecule has 0 spiro atoms. The van der Waals surface area contributed by atoms with E-state index in [0.717, 1.165) is 25.4 Å². The van der Waals surface area contributed by atoms with Gasteiger partial charge in [-0.3, -0.25) is 14.6 Å². The number of carbonyl (C=O) groups excluding carboxylic acids is 1. The molecule has 0 aromatic rings. The fourth-order valence-electron chi connectivity index (χ4n) is 3.75. The van der Waals surface area contributed by atoms with E-state index in [2.05, 4.69) is 22.0 Å². The molecule has 0 aromatic heterocycles. The van der Waals surface area contributed by atoms with Crippen LogP contribution < -0.4 is 5.32 Å². The van der Waals surface area contributed by atoms with Crippen LogP contribution >= 0.6 is 0 Å². The first-order chi connectivity index (χ1) is 10.00. The van der Waals surface area contributed by atoms with Crippen molar-refractivity contribution in [2.45, 2.75) is 57.2 Å². The van der Waals surface area contributed by atoms with Gasteiger partial charge in [-0.05, 0) is 59.7 Å². The first-order valence-electron chi connectivity index (χ1n) is 8.25. The molecule has 5 nitrogen and oxygen atoms in total. The zero-order valence-corrected chi connectivity index (χ0v) is 14.0. The maximum absolute atomic E-state index is 11.9. The molecule has 5 heteroatoms. The highest BCUT2D eigenvalue weighted by Gasteiger charge is 2.35. The van der Waals surface area contributed by atoms with Crippen LogP contribution in [0.5, 0.6) is 0 Å². The second-order valence-corrected chi connectivity index (χ2v) is 6.81. The second kappa shape index (κ2) is 7.07. The summed E-state index contributed by atoms with van der Waals surface area (Å²) in [5.41, 5.74) is -0.562. The summed E-state index contributed by atoms with van der Waals surface area (Å²) in [4.78, 5) is 17.1. The molecule has 0 bridgehead atoms. The van der Waals surface area contributed by atoms with E-state index in [9.17, 15) is 4.79 Å². The number of nitrogens with one attached hydrogen (secondary N) is 1. The van der Waals surface area contributed by atoms with Crippen LogP contribution in [0.3, 0.4) is 0 Å². The molecule has 0 aromatic carbocycles. The van der Waals surface area contributed by atoms with E-state index < -0.39 is 5.54 Å².